The van der Waals surface area contributed by atoms with Crippen LogP contribution in [0.4, 0.5) is 10.1 Å². The number of anilines is 1. The summed E-state index contributed by atoms with van der Waals surface area (Å²) < 4.78 is 18.5. The largest absolute Gasteiger partial charge is 0.484 e. The lowest BCUT2D eigenvalue weighted by molar-refractivity contribution is -0.135. The number of nitrogens with zero attached hydrogens (tertiary/aromatic N) is 1. The molecule has 0 aliphatic carbocycles. The van der Waals surface area contributed by atoms with Gasteiger partial charge < -0.3 is 15.0 Å². The van der Waals surface area contributed by atoms with E-state index in [4.69, 9.17) is 4.74 Å². The molecule has 0 atom stereocenters. The standard InChI is InChI=1S/C18H19FN2O3/c1-13-6-3-4-9-16(13)24-12-18(23)21(2)11-17(22)20-15-8-5-7-14(19)10-15/h3-10H,11-12H2,1-2H3,(H,20,22). The number of aryl methyl sites for hydroxylation is 1. The van der Waals surface area contributed by atoms with E-state index in [1.807, 2.05) is 25.1 Å². The van der Waals surface area contributed by atoms with Crippen LogP contribution in [0.1, 0.15) is 5.56 Å². The molecule has 5 nitrogen and oxygen atoms in total. The number of benzene rings is 2. The van der Waals surface area contributed by atoms with E-state index in [-0.39, 0.29) is 19.1 Å². The Kier molecular flexibility index (Phi) is 5.89. The van der Waals surface area contributed by atoms with Crippen LogP contribution in [-0.4, -0.2) is 36.9 Å². The fourth-order valence-electron chi connectivity index (χ4n) is 2.04. The zero-order valence-electron chi connectivity index (χ0n) is 13.6. The highest BCUT2D eigenvalue weighted by Gasteiger charge is 2.14. The minimum atomic E-state index is -0.441. The van der Waals surface area contributed by atoms with Crippen LogP contribution >= 0.6 is 0 Å². The Labute approximate surface area is 140 Å². The predicted molar refractivity (Wildman–Crippen MR) is 89.3 cm³/mol. The Morgan fingerprint density at radius 3 is 2.62 bits per heavy atom. The molecule has 2 rings (SSSR count). The maximum Gasteiger partial charge on any atom is 0.260 e. The van der Waals surface area contributed by atoms with Gasteiger partial charge >= 0.3 is 0 Å². The van der Waals surface area contributed by atoms with Crippen molar-refractivity contribution >= 4 is 17.5 Å². The molecule has 24 heavy (non-hydrogen) atoms. The Morgan fingerprint density at radius 2 is 1.92 bits per heavy atom. The number of amides is 2. The first-order valence-electron chi connectivity index (χ1n) is 7.43. The molecule has 0 spiro atoms. The fraction of sp³-hybridized carbons (Fsp3) is 0.222. The number of carbonyl (C=O) groups excluding carboxylic acids is 2. The number of ether oxygens (including phenoxy) is 1. The Morgan fingerprint density at radius 1 is 1.17 bits per heavy atom. The maximum atomic E-state index is 13.1. The summed E-state index contributed by atoms with van der Waals surface area (Å²) in [7, 11) is 1.51. The smallest absolute Gasteiger partial charge is 0.260 e. The van der Waals surface area contributed by atoms with E-state index in [9.17, 15) is 14.0 Å². The predicted octanol–water partition coefficient (Wildman–Crippen LogP) is 2.61. The third kappa shape index (κ3) is 5.08. The van der Waals surface area contributed by atoms with Crippen molar-refractivity contribution in [2.24, 2.45) is 0 Å². The quantitative estimate of drug-likeness (QED) is 0.886. The number of carbonyl (C=O) groups is 2. The van der Waals surface area contributed by atoms with Gasteiger partial charge in [-0.05, 0) is 36.8 Å². The molecule has 0 aliphatic heterocycles. The van der Waals surface area contributed by atoms with Crippen molar-refractivity contribution in [3.05, 3.63) is 59.9 Å². The molecule has 0 fully saturated rings. The number of rotatable bonds is 6. The molecule has 1 N–H and O–H groups in total. The van der Waals surface area contributed by atoms with E-state index in [2.05, 4.69) is 5.32 Å². The fourth-order valence-corrected chi connectivity index (χ4v) is 2.04. The monoisotopic (exact) mass is 330 g/mol. The van der Waals surface area contributed by atoms with Crippen molar-refractivity contribution < 1.29 is 18.7 Å². The highest BCUT2D eigenvalue weighted by atomic mass is 19.1. The van der Waals surface area contributed by atoms with Crippen LogP contribution < -0.4 is 10.1 Å². The highest BCUT2D eigenvalue weighted by molar-refractivity contribution is 5.94. The van der Waals surface area contributed by atoms with Crippen molar-refractivity contribution in [3.8, 4) is 5.75 Å². The average Bonchev–Trinajstić information content (AvgIpc) is 2.53. The molecule has 0 aromatic heterocycles. The third-order valence-corrected chi connectivity index (χ3v) is 3.36. The summed E-state index contributed by atoms with van der Waals surface area (Å²) >= 11 is 0. The molecule has 0 bridgehead atoms. The summed E-state index contributed by atoms with van der Waals surface area (Å²) in [6.45, 7) is 1.58. The summed E-state index contributed by atoms with van der Waals surface area (Å²) in [6, 6.07) is 12.9. The van der Waals surface area contributed by atoms with Crippen LogP contribution in [0.3, 0.4) is 0 Å². The van der Waals surface area contributed by atoms with Gasteiger partial charge in [-0.3, -0.25) is 9.59 Å². The van der Waals surface area contributed by atoms with E-state index in [1.54, 1.807) is 12.1 Å². The highest BCUT2D eigenvalue weighted by Crippen LogP contribution is 2.16. The molecule has 6 heteroatoms. The van der Waals surface area contributed by atoms with Crippen LogP contribution in [0.25, 0.3) is 0 Å². The second-order valence-corrected chi connectivity index (χ2v) is 5.36. The second-order valence-electron chi connectivity index (χ2n) is 5.36. The number of hydrogen-bond donors (Lipinski definition) is 1. The van der Waals surface area contributed by atoms with Gasteiger partial charge in [-0.1, -0.05) is 24.3 Å². The van der Waals surface area contributed by atoms with E-state index in [0.717, 1.165) is 5.56 Å². The van der Waals surface area contributed by atoms with Gasteiger partial charge in [-0.2, -0.15) is 0 Å². The zero-order valence-corrected chi connectivity index (χ0v) is 13.6. The zero-order chi connectivity index (χ0) is 17.5. The van der Waals surface area contributed by atoms with Gasteiger partial charge in [-0.25, -0.2) is 4.39 Å². The SMILES string of the molecule is Cc1ccccc1OCC(=O)N(C)CC(=O)Nc1cccc(F)c1. The molecule has 0 unspecified atom stereocenters. The van der Waals surface area contributed by atoms with Crippen molar-refractivity contribution in [2.75, 3.05) is 25.5 Å². The van der Waals surface area contributed by atoms with Gasteiger partial charge in [0.15, 0.2) is 6.61 Å². The first kappa shape index (κ1) is 17.5. The number of hydrogen-bond acceptors (Lipinski definition) is 3. The molecular formula is C18H19FN2O3. The van der Waals surface area contributed by atoms with E-state index >= 15 is 0 Å². The molecule has 2 amide bonds. The minimum Gasteiger partial charge on any atom is -0.484 e. The number of halogens is 1. The van der Waals surface area contributed by atoms with Gasteiger partial charge in [0.25, 0.3) is 5.91 Å². The summed E-state index contributed by atoms with van der Waals surface area (Å²) in [5.74, 6) is -0.549. The maximum absolute atomic E-state index is 13.1. The summed E-state index contributed by atoms with van der Waals surface area (Å²) in [5.41, 5.74) is 1.27. The second kappa shape index (κ2) is 8.10. The Bertz CT molecular complexity index is 734. The van der Waals surface area contributed by atoms with Crippen molar-refractivity contribution in [3.63, 3.8) is 0 Å². The topological polar surface area (TPSA) is 58.6 Å². The normalized spacial score (nSPS) is 10.1. The molecule has 2 aromatic rings. The lowest BCUT2D eigenvalue weighted by Gasteiger charge is -2.17. The van der Waals surface area contributed by atoms with Gasteiger partial charge in [0.05, 0.1) is 6.54 Å². The Hall–Kier alpha value is -2.89. The van der Waals surface area contributed by atoms with Crippen LogP contribution in [0.15, 0.2) is 48.5 Å². The summed E-state index contributed by atoms with van der Waals surface area (Å²) in [4.78, 5) is 25.2. The summed E-state index contributed by atoms with van der Waals surface area (Å²) in [5, 5.41) is 2.54. The third-order valence-electron chi connectivity index (χ3n) is 3.36. The Balaban J connectivity index is 1.82. The van der Waals surface area contributed by atoms with E-state index in [0.29, 0.717) is 11.4 Å². The summed E-state index contributed by atoms with van der Waals surface area (Å²) in [6.07, 6.45) is 0. The van der Waals surface area contributed by atoms with E-state index in [1.165, 1.54) is 30.1 Å². The molecule has 0 heterocycles. The molecule has 0 radical (unpaired) electrons. The number of para-hydroxylation sites is 1. The van der Waals surface area contributed by atoms with Gasteiger partial charge in [0, 0.05) is 12.7 Å². The van der Waals surface area contributed by atoms with Crippen molar-refractivity contribution in [1.82, 2.24) is 4.90 Å². The van der Waals surface area contributed by atoms with Crippen molar-refractivity contribution in [2.45, 2.75) is 6.92 Å². The lowest BCUT2D eigenvalue weighted by atomic mass is 10.2. The van der Waals surface area contributed by atoms with Gasteiger partial charge in [0.1, 0.15) is 11.6 Å². The molecule has 0 saturated carbocycles. The average molecular weight is 330 g/mol. The van der Waals surface area contributed by atoms with Crippen LogP contribution in [0.5, 0.6) is 5.75 Å². The van der Waals surface area contributed by atoms with Gasteiger partial charge in [0.2, 0.25) is 5.91 Å². The number of likely N-dealkylation sites (N-methyl/N-ethyl adjacent to an activating group) is 1. The molecule has 0 aliphatic rings. The van der Waals surface area contributed by atoms with Crippen LogP contribution in [-0.2, 0) is 9.59 Å². The first-order valence-corrected chi connectivity index (χ1v) is 7.43. The number of nitrogens with one attached hydrogen (secondary N) is 1. The molecule has 126 valence electrons. The van der Waals surface area contributed by atoms with Crippen LogP contribution in [0, 0.1) is 12.7 Å². The first-order chi connectivity index (χ1) is 11.5. The molecule has 0 saturated heterocycles. The minimum absolute atomic E-state index is 0.146. The molecule has 2 aromatic carbocycles. The van der Waals surface area contributed by atoms with Crippen LogP contribution in [0.2, 0.25) is 0 Å². The van der Waals surface area contributed by atoms with Crippen molar-refractivity contribution in [1.29, 1.82) is 0 Å². The molecular weight excluding hydrogens is 311 g/mol. The van der Waals surface area contributed by atoms with E-state index < -0.39 is 11.7 Å². The lowest BCUT2D eigenvalue weighted by Crippen LogP contribution is -2.37. The van der Waals surface area contributed by atoms with Gasteiger partial charge in [-0.15, -0.1) is 0 Å².